The molecule has 0 bridgehead atoms. The molecule has 27 heavy (non-hydrogen) atoms. The predicted octanol–water partition coefficient (Wildman–Crippen LogP) is 5.35. The van der Waals surface area contributed by atoms with Crippen molar-refractivity contribution < 1.29 is 14.3 Å². The summed E-state index contributed by atoms with van der Waals surface area (Å²) >= 11 is 1.39. The summed E-state index contributed by atoms with van der Waals surface area (Å²) in [5.41, 5.74) is 1.27. The number of nitrogens with zero attached hydrogens (tertiary/aromatic N) is 1. The molecule has 0 saturated heterocycles. The van der Waals surface area contributed by atoms with Crippen LogP contribution in [0.3, 0.4) is 0 Å². The molecule has 134 valence electrons. The molecule has 4 aromatic rings. The molecule has 0 unspecified atom stereocenters. The number of methoxy groups -OCH3 is 1. The molecular formula is C21H16N2O3S. The lowest BCUT2D eigenvalue weighted by Gasteiger charge is -2.06. The Bertz CT molecular complexity index is 1090. The van der Waals surface area contributed by atoms with Crippen LogP contribution in [-0.2, 0) is 0 Å². The summed E-state index contributed by atoms with van der Waals surface area (Å²) in [6.45, 7) is 0. The number of amides is 1. The maximum Gasteiger partial charge on any atom is 0.261 e. The van der Waals surface area contributed by atoms with Gasteiger partial charge in [-0.1, -0.05) is 41.7 Å². The van der Waals surface area contributed by atoms with Gasteiger partial charge in [0, 0.05) is 6.07 Å². The van der Waals surface area contributed by atoms with Crippen LogP contribution in [0.5, 0.6) is 17.2 Å². The average molecular weight is 376 g/mol. The van der Waals surface area contributed by atoms with Gasteiger partial charge in [-0.3, -0.25) is 10.1 Å². The highest BCUT2D eigenvalue weighted by atomic mass is 32.1. The van der Waals surface area contributed by atoms with Gasteiger partial charge in [0.15, 0.2) is 5.13 Å². The van der Waals surface area contributed by atoms with Crippen LogP contribution in [0.4, 0.5) is 5.13 Å². The fourth-order valence-corrected chi connectivity index (χ4v) is 3.53. The summed E-state index contributed by atoms with van der Waals surface area (Å²) in [6.07, 6.45) is 0. The minimum Gasteiger partial charge on any atom is -0.496 e. The van der Waals surface area contributed by atoms with E-state index in [2.05, 4.69) is 10.3 Å². The van der Waals surface area contributed by atoms with Crippen molar-refractivity contribution in [2.24, 2.45) is 0 Å². The van der Waals surface area contributed by atoms with E-state index in [1.54, 1.807) is 18.2 Å². The van der Waals surface area contributed by atoms with E-state index in [0.717, 1.165) is 21.7 Å². The Labute approximate surface area is 160 Å². The Balaban J connectivity index is 1.55. The highest BCUT2D eigenvalue weighted by Crippen LogP contribution is 2.31. The lowest BCUT2D eigenvalue weighted by atomic mass is 10.2. The first kappa shape index (κ1) is 17.1. The largest absolute Gasteiger partial charge is 0.496 e. The Morgan fingerprint density at radius 3 is 2.56 bits per heavy atom. The average Bonchev–Trinajstić information content (AvgIpc) is 3.10. The van der Waals surface area contributed by atoms with E-state index in [1.807, 2.05) is 54.6 Å². The molecule has 0 radical (unpaired) electrons. The van der Waals surface area contributed by atoms with Gasteiger partial charge < -0.3 is 9.47 Å². The molecule has 0 aliphatic carbocycles. The van der Waals surface area contributed by atoms with Crippen LogP contribution in [0.1, 0.15) is 10.4 Å². The van der Waals surface area contributed by atoms with Gasteiger partial charge in [-0.2, -0.15) is 0 Å². The zero-order valence-electron chi connectivity index (χ0n) is 14.5. The third-order valence-corrected chi connectivity index (χ3v) is 4.84. The number of benzene rings is 3. The number of hydrogen-bond donors (Lipinski definition) is 1. The van der Waals surface area contributed by atoms with Crippen molar-refractivity contribution in [2.45, 2.75) is 0 Å². The summed E-state index contributed by atoms with van der Waals surface area (Å²) in [5.74, 6) is 1.76. The van der Waals surface area contributed by atoms with Crippen molar-refractivity contribution in [3.8, 4) is 17.2 Å². The summed E-state index contributed by atoms with van der Waals surface area (Å²) in [4.78, 5) is 17.0. The highest BCUT2D eigenvalue weighted by molar-refractivity contribution is 7.22. The Kier molecular flexibility index (Phi) is 4.72. The van der Waals surface area contributed by atoms with Gasteiger partial charge in [0.1, 0.15) is 17.2 Å². The normalized spacial score (nSPS) is 10.6. The second kappa shape index (κ2) is 7.47. The fourth-order valence-electron chi connectivity index (χ4n) is 2.64. The molecule has 3 aromatic carbocycles. The van der Waals surface area contributed by atoms with Crippen molar-refractivity contribution in [1.82, 2.24) is 4.98 Å². The standard InChI is InChI=1S/C21H16N2O3S/c1-25-18-10-6-5-9-16(18)20(24)23-21-22-17-12-11-15(13-19(17)27-21)26-14-7-3-2-4-8-14/h2-13H,1H3,(H,22,23,24). The second-order valence-corrected chi connectivity index (χ2v) is 6.75. The minimum absolute atomic E-state index is 0.257. The zero-order valence-corrected chi connectivity index (χ0v) is 15.3. The van der Waals surface area contributed by atoms with Gasteiger partial charge >= 0.3 is 0 Å². The van der Waals surface area contributed by atoms with Crippen molar-refractivity contribution >= 4 is 32.6 Å². The van der Waals surface area contributed by atoms with Crippen LogP contribution < -0.4 is 14.8 Å². The van der Waals surface area contributed by atoms with Crippen LogP contribution in [0.25, 0.3) is 10.2 Å². The molecule has 5 nitrogen and oxygen atoms in total. The lowest BCUT2D eigenvalue weighted by molar-refractivity contribution is 0.102. The van der Waals surface area contributed by atoms with Crippen molar-refractivity contribution in [3.63, 3.8) is 0 Å². The monoisotopic (exact) mass is 376 g/mol. The smallest absolute Gasteiger partial charge is 0.261 e. The van der Waals surface area contributed by atoms with E-state index in [9.17, 15) is 4.79 Å². The van der Waals surface area contributed by atoms with E-state index in [0.29, 0.717) is 16.4 Å². The van der Waals surface area contributed by atoms with E-state index in [1.165, 1.54) is 18.4 Å². The number of para-hydroxylation sites is 2. The van der Waals surface area contributed by atoms with Gasteiger partial charge in [-0.05, 0) is 36.4 Å². The fraction of sp³-hybridized carbons (Fsp3) is 0.0476. The number of rotatable bonds is 5. The highest BCUT2D eigenvalue weighted by Gasteiger charge is 2.14. The van der Waals surface area contributed by atoms with Crippen molar-refractivity contribution in [3.05, 3.63) is 78.4 Å². The molecule has 0 aliphatic heterocycles. The van der Waals surface area contributed by atoms with E-state index < -0.39 is 0 Å². The Hall–Kier alpha value is -3.38. The minimum atomic E-state index is -0.257. The molecule has 1 amide bonds. The number of carbonyl (C=O) groups excluding carboxylic acids is 1. The lowest BCUT2D eigenvalue weighted by Crippen LogP contribution is -2.12. The number of aromatic nitrogens is 1. The van der Waals surface area contributed by atoms with Crippen LogP contribution >= 0.6 is 11.3 Å². The van der Waals surface area contributed by atoms with Gasteiger partial charge in [0.05, 0.1) is 22.9 Å². The van der Waals surface area contributed by atoms with Gasteiger partial charge in [0.2, 0.25) is 0 Å². The number of hydrogen-bond acceptors (Lipinski definition) is 5. The maximum atomic E-state index is 12.5. The predicted molar refractivity (Wildman–Crippen MR) is 107 cm³/mol. The number of thiazole rings is 1. The molecule has 1 heterocycles. The van der Waals surface area contributed by atoms with Crippen molar-refractivity contribution in [1.29, 1.82) is 0 Å². The van der Waals surface area contributed by atoms with Crippen LogP contribution in [-0.4, -0.2) is 18.0 Å². The zero-order chi connectivity index (χ0) is 18.6. The first-order valence-electron chi connectivity index (χ1n) is 8.31. The molecule has 4 rings (SSSR count). The number of anilines is 1. The summed E-state index contributed by atoms with van der Waals surface area (Å²) in [6, 6.07) is 22.3. The quantitative estimate of drug-likeness (QED) is 0.510. The molecule has 6 heteroatoms. The Morgan fingerprint density at radius 2 is 1.74 bits per heavy atom. The van der Waals surface area contributed by atoms with Crippen LogP contribution in [0.2, 0.25) is 0 Å². The second-order valence-electron chi connectivity index (χ2n) is 5.72. The number of fused-ring (bicyclic) bond motifs is 1. The third-order valence-electron chi connectivity index (χ3n) is 3.91. The maximum absolute atomic E-state index is 12.5. The summed E-state index contributed by atoms with van der Waals surface area (Å²) in [5, 5.41) is 3.36. The molecule has 1 N–H and O–H groups in total. The van der Waals surface area contributed by atoms with E-state index in [-0.39, 0.29) is 5.91 Å². The first-order valence-corrected chi connectivity index (χ1v) is 9.12. The van der Waals surface area contributed by atoms with Crippen LogP contribution in [0, 0.1) is 0 Å². The molecule has 0 atom stereocenters. The Morgan fingerprint density at radius 1 is 0.963 bits per heavy atom. The molecule has 0 aliphatic rings. The summed E-state index contributed by atoms with van der Waals surface area (Å²) < 4.78 is 12.0. The third kappa shape index (κ3) is 3.75. The number of ether oxygens (including phenoxy) is 2. The topological polar surface area (TPSA) is 60.5 Å². The first-order chi connectivity index (χ1) is 13.2. The molecule has 1 aromatic heterocycles. The number of carbonyl (C=O) groups is 1. The molecular weight excluding hydrogens is 360 g/mol. The molecule has 0 spiro atoms. The molecule has 0 fully saturated rings. The molecule has 0 saturated carbocycles. The van der Waals surface area contributed by atoms with Gasteiger partial charge in [0.25, 0.3) is 5.91 Å². The summed E-state index contributed by atoms with van der Waals surface area (Å²) in [7, 11) is 1.54. The van der Waals surface area contributed by atoms with Crippen molar-refractivity contribution in [2.75, 3.05) is 12.4 Å². The van der Waals surface area contributed by atoms with Gasteiger partial charge in [-0.15, -0.1) is 0 Å². The van der Waals surface area contributed by atoms with E-state index >= 15 is 0 Å². The van der Waals surface area contributed by atoms with Gasteiger partial charge in [-0.25, -0.2) is 4.98 Å². The van der Waals surface area contributed by atoms with E-state index in [4.69, 9.17) is 9.47 Å². The van der Waals surface area contributed by atoms with Crippen LogP contribution in [0.15, 0.2) is 72.8 Å². The number of nitrogens with one attached hydrogen (secondary N) is 1. The SMILES string of the molecule is COc1ccccc1C(=O)Nc1nc2ccc(Oc3ccccc3)cc2s1.